The van der Waals surface area contributed by atoms with Gasteiger partial charge in [0.25, 0.3) is 0 Å². The Hall–Kier alpha value is -6.18. The van der Waals surface area contributed by atoms with Crippen LogP contribution in [0, 0.1) is 0 Å². The number of benzene rings is 9. The standard InChI is InChI=1S/C46H28O/c1-2-12-29(13-3-1)33-23-24-40(35-17-7-6-16-34(33)35)46-38-20-10-8-18-36(38)45(37-19-9-11-21-39(37)46)32-22-25-43-41(27-32)42-26-30-14-4-5-15-31(30)28-44(42)47-43/h1-28H/i4D,5D,14D,15D,22D,25D,26D,27D,28D. The predicted molar refractivity (Wildman–Crippen MR) is 200 cm³/mol. The van der Waals surface area contributed by atoms with Gasteiger partial charge in [-0.2, -0.15) is 0 Å². The molecule has 0 N–H and O–H groups in total. The van der Waals surface area contributed by atoms with E-state index in [1.165, 1.54) is 0 Å². The van der Waals surface area contributed by atoms with Crippen LogP contribution in [0.5, 0.6) is 0 Å². The van der Waals surface area contributed by atoms with E-state index in [2.05, 4.69) is 36.4 Å². The van der Waals surface area contributed by atoms with E-state index in [9.17, 15) is 5.48 Å². The first-order valence-electron chi connectivity index (χ1n) is 20.0. The van der Waals surface area contributed by atoms with Gasteiger partial charge in [-0.05, 0) is 101 Å². The Morgan fingerprint density at radius 3 is 1.57 bits per heavy atom. The van der Waals surface area contributed by atoms with Crippen molar-refractivity contribution in [2.75, 3.05) is 0 Å². The summed E-state index contributed by atoms with van der Waals surface area (Å²) in [4.78, 5) is 0. The van der Waals surface area contributed by atoms with E-state index in [1.807, 2.05) is 78.9 Å². The Morgan fingerprint density at radius 2 is 0.894 bits per heavy atom. The van der Waals surface area contributed by atoms with Crippen molar-refractivity contribution in [1.82, 2.24) is 0 Å². The van der Waals surface area contributed by atoms with E-state index >= 15 is 0 Å². The molecular formula is C46H28O. The quantitative estimate of drug-likeness (QED) is 0.183. The third-order valence-electron chi connectivity index (χ3n) is 9.09. The van der Waals surface area contributed by atoms with Gasteiger partial charge in [0.1, 0.15) is 11.2 Å². The molecule has 1 nitrogen and oxygen atoms in total. The molecule has 0 bridgehead atoms. The molecule has 218 valence electrons. The molecule has 0 atom stereocenters. The summed E-state index contributed by atoms with van der Waals surface area (Å²) in [7, 11) is 0. The first-order chi connectivity index (χ1) is 27.1. The lowest BCUT2D eigenvalue weighted by molar-refractivity contribution is 0.669. The Balaban J connectivity index is 1.34. The summed E-state index contributed by atoms with van der Waals surface area (Å²) in [6.07, 6.45) is 0. The molecule has 0 saturated heterocycles. The second-order valence-corrected chi connectivity index (χ2v) is 11.7. The van der Waals surface area contributed by atoms with E-state index in [0.29, 0.717) is 5.56 Å². The summed E-state index contributed by atoms with van der Waals surface area (Å²) in [6.45, 7) is 0. The Bertz CT molecular complexity index is 3300. The van der Waals surface area contributed by atoms with Crippen molar-refractivity contribution < 1.29 is 16.8 Å². The van der Waals surface area contributed by atoms with Gasteiger partial charge in [0.05, 0.1) is 12.3 Å². The second-order valence-electron chi connectivity index (χ2n) is 11.7. The van der Waals surface area contributed by atoms with Crippen molar-refractivity contribution in [3.63, 3.8) is 0 Å². The molecule has 10 rings (SSSR count). The highest BCUT2D eigenvalue weighted by Gasteiger charge is 2.20. The normalized spacial score (nSPS) is 14.5. The van der Waals surface area contributed by atoms with Gasteiger partial charge in [-0.1, -0.05) is 145 Å². The highest BCUT2D eigenvalue weighted by molar-refractivity contribution is 6.24. The molecule has 0 aliphatic carbocycles. The van der Waals surface area contributed by atoms with Crippen LogP contribution in [-0.4, -0.2) is 0 Å². The molecule has 0 aliphatic heterocycles. The summed E-state index contributed by atoms with van der Waals surface area (Å²) in [6, 6.07) is 35.2. The third-order valence-corrected chi connectivity index (χ3v) is 9.09. The van der Waals surface area contributed by atoms with Crippen LogP contribution in [0.3, 0.4) is 0 Å². The highest BCUT2D eigenvalue weighted by atomic mass is 16.3. The van der Waals surface area contributed by atoms with Gasteiger partial charge in [0.15, 0.2) is 0 Å². The number of hydrogen-bond acceptors (Lipinski definition) is 1. The maximum Gasteiger partial charge on any atom is 0.136 e. The van der Waals surface area contributed by atoms with Crippen LogP contribution < -0.4 is 0 Å². The number of fused-ring (bicyclic) bond motifs is 7. The van der Waals surface area contributed by atoms with Crippen molar-refractivity contribution in [3.8, 4) is 33.4 Å². The van der Waals surface area contributed by atoms with Gasteiger partial charge < -0.3 is 4.42 Å². The average Bonchev–Trinajstić information content (AvgIpc) is 3.64. The molecule has 0 saturated carbocycles. The highest BCUT2D eigenvalue weighted by Crippen LogP contribution is 2.47. The summed E-state index contributed by atoms with van der Waals surface area (Å²) >= 11 is 0. The monoisotopic (exact) mass is 605 g/mol. The SMILES string of the molecule is [2H]c1c(-c2c3ccccc3c(-c3ccc(-c4ccccc4)c4ccccc34)c3ccccc23)c([2H])c2c(oc3c([2H])c4c([2H])c([2H])c([2H])c([2H])c4c([2H])c32)c1[2H]. The van der Waals surface area contributed by atoms with Crippen LogP contribution >= 0.6 is 0 Å². The first-order valence-corrected chi connectivity index (χ1v) is 15.5. The molecule has 0 unspecified atom stereocenters. The topological polar surface area (TPSA) is 13.1 Å². The number of rotatable bonds is 3. The lowest BCUT2D eigenvalue weighted by Crippen LogP contribution is -1.92. The predicted octanol–water partition coefficient (Wildman–Crippen LogP) is 13.2. The van der Waals surface area contributed by atoms with Gasteiger partial charge in [0, 0.05) is 10.8 Å². The molecule has 0 radical (unpaired) electrons. The van der Waals surface area contributed by atoms with Crippen molar-refractivity contribution in [2.45, 2.75) is 0 Å². The van der Waals surface area contributed by atoms with E-state index in [4.69, 9.17) is 11.3 Å². The van der Waals surface area contributed by atoms with Gasteiger partial charge >= 0.3 is 0 Å². The number of hydrogen-bond donors (Lipinski definition) is 0. The molecule has 0 fully saturated rings. The zero-order valence-electron chi connectivity index (χ0n) is 33.9. The zero-order chi connectivity index (χ0) is 38.7. The van der Waals surface area contributed by atoms with Gasteiger partial charge in [-0.25, -0.2) is 0 Å². The largest absolute Gasteiger partial charge is 0.456 e. The average molecular weight is 606 g/mol. The van der Waals surface area contributed by atoms with Gasteiger partial charge in [-0.15, -0.1) is 0 Å². The molecule has 0 amide bonds. The van der Waals surface area contributed by atoms with Crippen molar-refractivity contribution in [1.29, 1.82) is 0 Å². The van der Waals surface area contributed by atoms with Crippen LogP contribution in [-0.2, 0) is 0 Å². The van der Waals surface area contributed by atoms with E-state index in [-0.39, 0.29) is 68.5 Å². The molecule has 1 heterocycles. The maximum atomic E-state index is 9.78. The van der Waals surface area contributed by atoms with Crippen LogP contribution in [0.1, 0.15) is 12.3 Å². The van der Waals surface area contributed by atoms with Crippen LogP contribution in [0.15, 0.2) is 174 Å². The molecule has 0 spiro atoms. The molecule has 1 aromatic heterocycles. The Morgan fingerprint density at radius 1 is 0.362 bits per heavy atom. The smallest absolute Gasteiger partial charge is 0.136 e. The summed E-state index contributed by atoms with van der Waals surface area (Å²) < 4.78 is 86.5. The van der Waals surface area contributed by atoms with Gasteiger partial charge in [-0.3, -0.25) is 0 Å². The van der Waals surface area contributed by atoms with Crippen LogP contribution in [0.4, 0.5) is 0 Å². The Kier molecular flexibility index (Phi) is 4.05. The third kappa shape index (κ3) is 3.97. The lowest BCUT2D eigenvalue weighted by Gasteiger charge is -2.19. The molecule has 10 aromatic rings. The summed E-state index contributed by atoms with van der Waals surface area (Å²) in [5, 5.41) is 5.17. The minimum absolute atomic E-state index is 0.00233. The van der Waals surface area contributed by atoms with Crippen molar-refractivity contribution in [2.24, 2.45) is 0 Å². The molecular weight excluding hydrogens is 569 g/mol. The fraction of sp³-hybridized carbons (Fsp3) is 0. The number of furan rings is 1. The van der Waals surface area contributed by atoms with Crippen molar-refractivity contribution in [3.05, 3.63) is 170 Å². The van der Waals surface area contributed by atoms with E-state index in [0.717, 1.165) is 54.6 Å². The maximum absolute atomic E-state index is 9.78. The van der Waals surface area contributed by atoms with Gasteiger partial charge in [0.2, 0.25) is 0 Å². The molecule has 1 heteroatoms. The Labute approximate surface area is 284 Å². The fourth-order valence-corrected chi connectivity index (χ4v) is 7.06. The second kappa shape index (κ2) is 10.2. The van der Waals surface area contributed by atoms with E-state index < -0.39 is 24.2 Å². The van der Waals surface area contributed by atoms with Crippen LogP contribution in [0.2, 0.25) is 0 Å². The van der Waals surface area contributed by atoms with Crippen LogP contribution in [0.25, 0.3) is 98.4 Å². The summed E-state index contributed by atoms with van der Waals surface area (Å²) in [5.41, 5.74) is 4.65. The molecule has 0 aliphatic rings. The summed E-state index contributed by atoms with van der Waals surface area (Å²) in [5.74, 6) is 0. The minimum Gasteiger partial charge on any atom is -0.456 e. The lowest BCUT2D eigenvalue weighted by atomic mass is 9.83. The first kappa shape index (κ1) is 18.7. The molecule has 47 heavy (non-hydrogen) atoms. The van der Waals surface area contributed by atoms with E-state index in [1.54, 1.807) is 0 Å². The molecule has 9 aromatic carbocycles. The minimum atomic E-state index is -0.538. The fourth-order valence-electron chi connectivity index (χ4n) is 7.06. The van der Waals surface area contributed by atoms with Crippen molar-refractivity contribution >= 4 is 65.0 Å². The zero-order valence-corrected chi connectivity index (χ0v) is 24.9.